The molecule has 0 aromatic heterocycles. The van der Waals surface area contributed by atoms with Crippen LogP contribution in [0.15, 0.2) is 47.5 Å². The quantitative estimate of drug-likeness (QED) is 0.372. The number of benzene rings is 2. The van der Waals surface area contributed by atoms with Crippen molar-refractivity contribution in [2.45, 2.75) is 0 Å². The summed E-state index contributed by atoms with van der Waals surface area (Å²) in [5, 5.41) is 10.9. The molecular weight excluding hydrogens is 308 g/mol. The summed E-state index contributed by atoms with van der Waals surface area (Å²) >= 11 is 5.74. The Morgan fingerprint density at radius 3 is 2.77 bits per heavy atom. The first-order valence-corrected chi connectivity index (χ1v) is 6.55. The van der Waals surface area contributed by atoms with Crippen molar-refractivity contribution in [3.63, 3.8) is 0 Å². The highest BCUT2D eigenvalue weighted by Crippen LogP contribution is 2.24. The van der Waals surface area contributed by atoms with E-state index in [4.69, 9.17) is 11.6 Å². The summed E-state index contributed by atoms with van der Waals surface area (Å²) < 4.78 is 4.63. The van der Waals surface area contributed by atoms with Gasteiger partial charge in [0.15, 0.2) is 0 Å². The van der Waals surface area contributed by atoms with E-state index in [0.717, 1.165) is 0 Å². The third kappa shape index (κ3) is 3.67. The van der Waals surface area contributed by atoms with E-state index < -0.39 is 10.9 Å². The first kappa shape index (κ1) is 15.7. The van der Waals surface area contributed by atoms with Crippen molar-refractivity contribution in [3.8, 4) is 0 Å². The second kappa shape index (κ2) is 6.82. The van der Waals surface area contributed by atoms with E-state index in [1.165, 1.54) is 25.5 Å². The molecule has 0 aliphatic rings. The van der Waals surface area contributed by atoms with Crippen molar-refractivity contribution in [2.24, 2.45) is 4.99 Å². The van der Waals surface area contributed by atoms with Gasteiger partial charge in [-0.05, 0) is 29.8 Å². The van der Waals surface area contributed by atoms with Crippen molar-refractivity contribution in [1.29, 1.82) is 0 Å². The fraction of sp³-hybridized carbons (Fsp3) is 0.0667. The molecule has 0 saturated heterocycles. The van der Waals surface area contributed by atoms with Crippen LogP contribution in [0, 0.1) is 10.1 Å². The normalized spacial score (nSPS) is 10.6. The number of methoxy groups -OCH3 is 1. The minimum absolute atomic E-state index is 0.0647. The highest BCUT2D eigenvalue weighted by atomic mass is 35.5. The van der Waals surface area contributed by atoms with Crippen LogP contribution in [0.4, 0.5) is 11.4 Å². The number of carbonyl (C=O) groups excluding carboxylic acids is 1. The number of rotatable bonds is 4. The maximum absolute atomic E-state index is 11.4. The van der Waals surface area contributed by atoms with Crippen LogP contribution in [-0.2, 0) is 4.74 Å². The highest BCUT2D eigenvalue weighted by molar-refractivity contribution is 6.32. The fourth-order valence-corrected chi connectivity index (χ4v) is 1.92. The Kier molecular flexibility index (Phi) is 4.85. The summed E-state index contributed by atoms with van der Waals surface area (Å²) in [7, 11) is 1.30. The van der Waals surface area contributed by atoms with Crippen molar-refractivity contribution in [2.75, 3.05) is 7.11 Å². The van der Waals surface area contributed by atoms with Crippen LogP contribution in [0.5, 0.6) is 0 Å². The molecule has 0 aliphatic heterocycles. The molecule has 0 amide bonds. The van der Waals surface area contributed by atoms with Gasteiger partial charge in [0.2, 0.25) is 0 Å². The van der Waals surface area contributed by atoms with Crippen LogP contribution in [-0.4, -0.2) is 24.2 Å². The molecule has 0 atom stereocenters. The standard InChI is InChI=1S/C15H11ClN2O4/c1-22-15(19)11-3-2-4-12(8-11)17-9-10-5-6-13(16)14(7-10)18(20)21/h2-9H,1H3. The van der Waals surface area contributed by atoms with E-state index in [2.05, 4.69) is 9.73 Å². The summed E-state index contributed by atoms with van der Waals surface area (Å²) in [6.07, 6.45) is 1.46. The zero-order chi connectivity index (χ0) is 16.1. The van der Waals surface area contributed by atoms with Crippen LogP contribution in [0.3, 0.4) is 0 Å². The highest BCUT2D eigenvalue weighted by Gasteiger charge is 2.11. The minimum Gasteiger partial charge on any atom is -0.465 e. The van der Waals surface area contributed by atoms with Gasteiger partial charge in [-0.1, -0.05) is 23.7 Å². The average molecular weight is 319 g/mol. The number of carbonyl (C=O) groups is 1. The molecule has 0 aliphatic carbocycles. The lowest BCUT2D eigenvalue weighted by molar-refractivity contribution is -0.384. The van der Waals surface area contributed by atoms with Gasteiger partial charge < -0.3 is 4.74 Å². The molecule has 22 heavy (non-hydrogen) atoms. The molecular formula is C15H11ClN2O4. The second-order valence-corrected chi connectivity index (χ2v) is 4.68. The number of halogens is 1. The lowest BCUT2D eigenvalue weighted by Crippen LogP contribution is -2.00. The van der Waals surface area contributed by atoms with Gasteiger partial charge in [0.25, 0.3) is 5.69 Å². The molecule has 0 radical (unpaired) electrons. The number of nitrogens with zero attached hydrogens (tertiary/aromatic N) is 2. The molecule has 0 spiro atoms. The van der Waals surface area contributed by atoms with Crippen molar-refractivity contribution in [1.82, 2.24) is 0 Å². The molecule has 7 heteroatoms. The van der Waals surface area contributed by atoms with Crippen LogP contribution < -0.4 is 0 Å². The number of nitro benzene ring substituents is 1. The monoisotopic (exact) mass is 318 g/mol. The van der Waals surface area contributed by atoms with Crippen LogP contribution in [0.25, 0.3) is 0 Å². The zero-order valence-corrected chi connectivity index (χ0v) is 12.3. The molecule has 2 aromatic rings. The van der Waals surface area contributed by atoms with Crippen LogP contribution in [0.2, 0.25) is 5.02 Å². The predicted molar refractivity (Wildman–Crippen MR) is 83.1 cm³/mol. The van der Waals surface area contributed by atoms with E-state index in [9.17, 15) is 14.9 Å². The summed E-state index contributed by atoms with van der Waals surface area (Å²) in [5.41, 5.74) is 1.24. The predicted octanol–water partition coefficient (Wildman–Crippen LogP) is 3.79. The molecule has 6 nitrogen and oxygen atoms in total. The van der Waals surface area contributed by atoms with Crippen LogP contribution in [0.1, 0.15) is 15.9 Å². The third-order valence-electron chi connectivity index (χ3n) is 2.80. The number of hydrogen-bond donors (Lipinski definition) is 0. The van der Waals surface area contributed by atoms with Crippen molar-refractivity contribution < 1.29 is 14.5 Å². The Balaban J connectivity index is 2.27. The van der Waals surface area contributed by atoms with Crippen molar-refractivity contribution >= 4 is 35.2 Å². The lowest BCUT2D eigenvalue weighted by atomic mass is 10.2. The first-order chi connectivity index (χ1) is 10.5. The van der Waals surface area contributed by atoms with Gasteiger partial charge in [-0.3, -0.25) is 15.1 Å². The summed E-state index contributed by atoms with van der Waals surface area (Å²) in [4.78, 5) is 25.9. The molecule has 112 valence electrons. The maximum atomic E-state index is 11.4. The average Bonchev–Trinajstić information content (AvgIpc) is 2.53. The van der Waals surface area contributed by atoms with Gasteiger partial charge in [-0.2, -0.15) is 0 Å². The SMILES string of the molecule is COC(=O)c1cccc(N=Cc2ccc(Cl)c([N+](=O)[O-])c2)c1. The van der Waals surface area contributed by atoms with E-state index in [1.54, 1.807) is 30.3 Å². The summed E-state index contributed by atoms with van der Waals surface area (Å²) in [5.74, 6) is -0.459. The minimum atomic E-state index is -0.558. The molecule has 0 bridgehead atoms. The Morgan fingerprint density at radius 1 is 1.32 bits per heavy atom. The molecule has 2 rings (SSSR count). The van der Waals surface area contributed by atoms with Gasteiger partial charge in [0, 0.05) is 12.3 Å². The van der Waals surface area contributed by atoms with E-state index in [1.807, 2.05) is 0 Å². The number of nitro groups is 1. The number of esters is 1. The van der Waals surface area contributed by atoms with Gasteiger partial charge in [-0.15, -0.1) is 0 Å². The number of hydrogen-bond acceptors (Lipinski definition) is 5. The molecule has 0 fully saturated rings. The third-order valence-corrected chi connectivity index (χ3v) is 3.12. The molecule has 0 saturated carbocycles. The summed E-state index contributed by atoms with van der Waals surface area (Å²) in [6.45, 7) is 0. The number of ether oxygens (including phenoxy) is 1. The maximum Gasteiger partial charge on any atom is 0.337 e. The lowest BCUT2D eigenvalue weighted by Gasteiger charge is -2.00. The molecule has 0 N–H and O–H groups in total. The zero-order valence-electron chi connectivity index (χ0n) is 11.5. The topological polar surface area (TPSA) is 81.8 Å². The Labute approximate surface area is 131 Å². The Bertz CT molecular complexity index is 759. The Hall–Kier alpha value is -2.73. The first-order valence-electron chi connectivity index (χ1n) is 6.17. The van der Waals surface area contributed by atoms with E-state index in [0.29, 0.717) is 16.8 Å². The van der Waals surface area contributed by atoms with Crippen LogP contribution >= 0.6 is 11.6 Å². The van der Waals surface area contributed by atoms with Crippen molar-refractivity contribution in [3.05, 3.63) is 68.7 Å². The smallest absolute Gasteiger partial charge is 0.337 e. The molecule has 0 heterocycles. The number of aliphatic imine (C=N–C) groups is 1. The van der Waals surface area contributed by atoms with Gasteiger partial charge in [0.1, 0.15) is 5.02 Å². The Morgan fingerprint density at radius 2 is 2.09 bits per heavy atom. The van der Waals surface area contributed by atoms with Gasteiger partial charge in [-0.25, -0.2) is 4.79 Å². The van der Waals surface area contributed by atoms with E-state index >= 15 is 0 Å². The summed E-state index contributed by atoms with van der Waals surface area (Å²) in [6, 6.07) is 10.9. The van der Waals surface area contributed by atoms with Gasteiger partial charge in [0.05, 0.1) is 23.3 Å². The second-order valence-electron chi connectivity index (χ2n) is 4.27. The largest absolute Gasteiger partial charge is 0.465 e. The molecule has 2 aromatic carbocycles. The fourth-order valence-electron chi connectivity index (χ4n) is 1.73. The van der Waals surface area contributed by atoms with E-state index in [-0.39, 0.29) is 10.7 Å². The van der Waals surface area contributed by atoms with Gasteiger partial charge >= 0.3 is 5.97 Å². The molecule has 0 unspecified atom stereocenters.